The molecule has 116 valence electrons. The molecule has 5 heteroatoms. The van der Waals surface area contributed by atoms with Crippen LogP contribution >= 0.6 is 0 Å². The summed E-state index contributed by atoms with van der Waals surface area (Å²) < 4.78 is 0. The lowest BCUT2D eigenvalue weighted by Gasteiger charge is -2.25. The number of carbonyl (C=O) groups is 2. The van der Waals surface area contributed by atoms with Crippen molar-refractivity contribution in [1.82, 2.24) is 10.3 Å². The third kappa shape index (κ3) is 2.48. The molecule has 0 unspecified atom stereocenters. The van der Waals surface area contributed by atoms with Gasteiger partial charge in [0.1, 0.15) is 0 Å². The first-order chi connectivity index (χ1) is 11.2. The Morgan fingerprint density at radius 1 is 1.26 bits per heavy atom. The molecule has 2 aliphatic heterocycles. The van der Waals surface area contributed by atoms with E-state index >= 15 is 0 Å². The zero-order valence-electron chi connectivity index (χ0n) is 12.7. The maximum absolute atomic E-state index is 12.4. The van der Waals surface area contributed by atoms with Crippen LogP contribution < -0.4 is 10.2 Å². The molecule has 23 heavy (non-hydrogen) atoms. The van der Waals surface area contributed by atoms with Crippen LogP contribution in [-0.4, -0.2) is 23.3 Å². The summed E-state index contributed by atoms with van der Waals surface area (Å²) in [6, 6.07) is 9.41. The molecule has 0 aliphatic carbocycles. The Labute approximate surface area is 134 Å². The zero-order valence-corrected chi connectivity index (χ0v) is 12.7. The van der Waals surface area contributed by atoms with Crippen LogP contribution in [0.4, 0.5) is 5.69 Å². The van der Waals surface area contributed by atoms with Crippen molar-refractivity contribution in [1.29, 1.82) is 0 Å². The average molecular weight is 307 g/mol. The molecule has 0 spiro atoms. The lowest BCUT2D eigenvalue weighted by molar-refractivity contribution is -0.117. The van der Waals surface area contributed by atoms with Gasteiger partial charge in [-0.05, 0) is 48.2 Å². The van der Waals surface area contributed by atoms with Crippen molar-refractivity contribution < 1.29 is 9.59 Å². The highest BCUT2D eigenvalue weighted by Crippen LogP contribution is 2.37. The number of pyridine rings is 1. The van der Waals surface area contributed by atoms with Gasteiger partial charge in [0, 0.05) is 18.3 Å². The smallest absolute Gasteiger partial charge is 0.251 e. The monoisotopic (exact) mass is 307 g/mol. The van der Waals surface area contributed by atoms with E-state index in [9.17, 15) is 9.59 Å². The number of nitrogens with one attached hydrogen (secondary N) is 1. The summed E-state index contributed by atoms with van der Waals surface area (Å²) in [6.07, 6.45) is 4.00. The third-order valence-corrected chi connectivity index (χ3v) is 4.43. The first kappa shape index (κ1) is 13.9. The Hall–Kier alpha value is -2.69. The van der Waals surface area contributed by atoms with Gasteiger partial charge in [0.2, 0.25) is 5.91 Å². The van der Waals surface area contributed by atoms with Gasteiger partial charge in [-0.2, -0.15) is 0 Å². The second kappa shape index (κ2) is 5.50. The van der Waals surface area contributed by atoms with E-state index in [4.69, 9.17) is 0 Å². The Bertz CT molecular complexity index is 786. The summed E-state index contributed by atoms with van der Waals surface area (Å²) in [5.74, 6) is 0.0261. The Morgan fingerprint density at radius 2 is 2.13 bits per heavy atom. The van der Waals surface area contributed by atoms with Gasteiger partial charge in [-0.1, -0.05) is 6.07 Å². The minimum atomic E-state index is -0.119. The largest absolute Gasteiger partial charge is 0.346 e. The standard InChI is InChI=1S/C18H17N3O2/c22-16-10-13-9-14(8-12-4-3-7-21(16)17(12)13)18(23)20-11-15-5-1-2-6-19-15/h1-2,5-6,8-9H,3-4,7,10-11H2,(H,20,23). The SMILES string of the molecule is O=C(NCc1ccccn1)c1cc2c3c(c1)CC(=O)N3CCC2. The van der Waals surface area contributed by atoms with Gasteiger partial charge in [0.25, 0.3) is 5.91 Å². The predicted octanol–water partition coefficient (Wildman–Crippen LogP) is 1.85. The first-order valence-corrected chi connectivity index (χ1v) is 7.86. The van der Waals surface area contributed by atoms with Gasteiger partial charge in [-0.15, -0.1) is 0 Å². The van der Waals surface area contributed by atoms with Gasteiger partial charge in [-0.3, -0.25) is 14.6 Å². The van der Waals surface area contributed by atoms with Crippen molar-refractivity contribution in [2.75, 3.05) is 11.4 Å². The summed E-state index contributed by atoms with van der Waals surface area (Å²) in [5.41, 5.74) is 4.59. The molecule has 4 rings (SSSR count). The Balaban J connectivity index is 1.57. The molecule has 5 nitrogen and oxygen atoms in total. The molecule has 0 saturated heterocycles. The van der Waals surface area contributed by atoms with Crippen LogP contribution in [-0.2, 0) is 24.2 Å². The number of amides is 2. The molecule has 3 heterocycles. The molecule has 1 aromatic heterocycles. The lowest BCUT2D eigenvalue weighted by atomic mass is 9.96. The molecule has 0 atom stereocenters. The molecule has 0 bridgehead atoms. The maximum Gasteiger partial charge on any atom is 0.251 e. The van der Waals surface area contributed by atoms with E-state index in [-0.39, 0.29) is 11.8 Å². The second-order valence-electron chi connectivity index (χ2n) is 5.97. The molecule has 0 radical (unpaired) electrons. The van der Waals surface area contributed by atoms with Crippen LogP contribution in [0.2, 0.25) is 0 Å². The fourth-order valence-corrected chi connectivity index (χ4v) is 3.39. The van der Waals surface area contributed by atoms with Crippen molar-refractivity contribution in [3.63, 3.8) is 0 Å². The number of hydrogen-bond donors (Lipinski definition) is 1. The summed E-state index contributed by atoms with van der Waals surface area (Å²) in [6.45, 7) is 1.20. The number of carbonyl (C=O) groups excluding carboxylic acids is 2. The van der Waals surface area contributed by atoms with E-state index in [0.29, 0.717) is 18.5 Å². The molecule has 2 aromatic rings. The topological polar surface area (TPSA) is 62.3 Å². The average Bonchev–Trinajstić information content (AvgIpc) is 2.91. The van der Waals surface area contributed by atoms with Gasteiger partial charge >= 0.3 is 0 Å². The van der Waals surface area contributed by atoms with E-state index in [1.54, 1.807) is 6.20 Å². The van der Waals surface area contributed by atoms with E-state index < -0.39 is 0 Å². The number of aromatic nitrogens is 1. The highest BCUT2D eigenvalue weighted by molar-refractivity contribution is 6.04. The van der Waals surface area contributed by atoms with Crippen molar-refractivity contribution in [3.05, 3.63) is 58.9 Å². The zero-order chi connectivity index (χ0) is 15.8. The van der Waals surface area contributed by atoms with Crippen molar-refractivity contribution in [2.24, 2.45) is 0 Å². The highest BCUT2D eigenvalue weighted by atomic mass is 16.2. The number of anilines is 1. The maximum atomic E-state index is 12.4. The van der Waals surface area contributed by atoms with E-state index in [1.807, 2.05) is 35.2 Å². The van der Waals surface area contributed by atoms with Crippen molar-refractivity contribution >= 4 is 17.5 Å². The Kier molecular flexibility index (Phi) is 3.33. The Morgan fingerprint density at radius 3 is 2.96 bits per heavy atom. The van der Waals surface area contributed by atoms with Crippen LogP contribution in [0, 0.1) is 0 Å². The summed E-state index contributed by atoms with van der Waals surface area (Å²) >= 11 is 0. The fourth-order valence-electron chi connectivity index (χ4n) is 3.39. The highest BCUT2D eigenvalue weighted by Gasteiger charge is 2.32. The number of benzene rings is 1. The number of nitrogens with zero attached hydrogens (tertiary/aromatic N) is 2. The molecule has 0 fully saturated rings. The predicted molar refractivity (Wildman–Crippen MR) is 86.2 cm³/mol. The minimum Gasteiger partial charge on any atom is -0.346 e. The molecule has 1 N–H and O–H groups in total. The van der Waals surface area contributed by atoms with Gasteiger partial charge < -0.3 is 10.2 Å². The second-order valence-corrected chi connectivity index (χ2v) is 5.97. The summed E-state index contributed by atoms with van der Waals surface area (Å²) in [7, 11) is 0. The van der Waals surface area contributed by atoms with Crippen LogP contribution in [0.5, 0.6) is 0 Å². The number of aryl methyl sites for hydroxylation is 1. The van der Waals surface area contributed by atoms with Crippen molar-refractivity contribution in [3.8, 4) is 0 Å². The molecular weight excluding hydrogens is 290 g/mol. The quantitative estimate of drug-likeness (QED) is 0.941. The lowest BCUT2D eigenvalue weighted by Crippen LogP contribution is -2.31. The van der Waals surface area contributed by atoms with Gasteiger partial charge in [0.15, 0.2) is 0 Å². The van der Waals surface area contributed by atoms with Crippen LogP contribution in [0.1, 0.15) is 33.6 Å². The minimum absolute atomic E-state index is 0.119. The first-order valence-electron chi connectivity index (χ1n) is 7.86. The summed E-state index contributed by atoms with van der Waals surface area (Å²) in [5, 5.41) is 2.90. The molecule has 2 amide bonds. The van der Waals surface area contributed by atoms with E-state index in [2.05, 4.69) is 10.3 Å². The van der Waals surface area contributed by atoms with Gasteiger partial charge in [-0.25, -0.2) is 0 Å². The third-order valence-electron chi connectivity index (χ3n) is 4.43. The van der Waals surface area contributed by atoms with E-state index in [1.165, 1.54) is 0 Å². The van der Waals surface area contributed by atoms with Crippen LogP contribution in [0.15, 0.2) is 36.5 Å². The molecule has 1 aromatic carbocycles. The van der Waals surface area contributed by atoms with Crippen molar-refractivity contribution in [2.45, 2.75) is 25.8 Å². The molecular formula is C18H17N3O2. The number of hydrogen-bond acceptors (Lipinski definition) is 3. The van der Waals surface area contributed by atoms with Crippen LogP contribution in [0.25, 0.3) is 0 Å². The normalized spacial score (nSPS) is 15.5. The summed E-state index contributed by atoms with van der Waals surface area (Å²) in [4.78, 5) is 30.6. The molecule has 2 aliphatic rings. The fraction of sp³-hybridized carbons (Fsp3) is 0.278. The van der Waals surface area contributed by atoms with E-state index in [0.717, 1.165) is 41.9 Å². The van der Waals surface area contributed by atoms with Gasteiger partial charge in [0.05, 0.1) is 24.3 Å². The molecule has 0 saturated carbocycles. The van der Waals surface area contributed by atoms with Crippen LogP contribution in [0.3, 0.4) is 0 Å². The number of rotatable bonds is 3.